The van der Waals surface area contributed by atoms with Crippen LogP contribution in [0.2, 0.25) is 0 Å². The van der Waals surface area contributed by atoms with Crippen molar-refractivity contribution in [2.45, 2.75) is 31.2 Å². The summed E-state index contributed by atoms with van der Waals surface area (Å²) in [7, 11) is -7.24. The zero-order valence-electron chi connectivity index (χ0n) is 14.0. The van der Waals surface area contributed by atoms with Gasteiger partial charge in [0.1, 0.15) is 10.4 Å². The minimum Gasteiger partial charge on any atom is -0.243 e. The summed E-state index contributed by atoms with van der Waals surface area (Å²) in [5.41, 5.74) is 1.80. The lowest BCUT2D eigenvalue weighted by Gasteiger charge is -2.27. The van der Waals surface area contributed by atoms with E-state index in [4.69, 9.17) is 4.63 Å². The van der Waals surface area contributed by atoms with Crippen molar-refractivity contribution in [3.8, 4) is 0 Å². The van der Waals surface area contributed by atoms with Crippen LogP contribution < -0.4 is 0 Å². The summed E-state index contributed by atoms with van der Waals surface area (Å²) in [6.45, 7) is 7.08. The van der Waals surface area contributed by atoms with Crippen molar-refractivity contribution in [2.75, 3.05) is 18.1 Å². The number of fused-ring (bicyclic) bond motifs is 1. The molecule has 1 aliphatic heterocycles. The molecule has 1 atom stereocenters. The Morgan fingerprint density at radius 2 is 2.00 bits per heavy atom. The molecule has 10 heteroatoms. The molecule has 2 aromatic rings. The van der Waals surface area contributed by atoms with Gasteiger partial charge in [-0.25, -0.2) is 21.5 Å². The maximum absolute atomic E-state index is 13.3. The number of nitrogens with zero attached hydrogens (tertiary/aromatic N) is 3. The molecular formula is C15H19N3O5S2. The molecule has 3 rings (SSSR count). The van der Waals surface area contributed by atoms with E-state index in [1.165, 1.54) is 10.4 Å². The summed E-state index contributed by atoms with van der Waals surface area (Å²) in [6, 6.07) is 1.08. The Hall–Kier alpha value is -1.78. The first kappa shape index (κ1) is 18.0. The topological polar surface area (TPSA) is 110 Å². The Labute approximate surface area is 146 Å². The van der Waals surface area contributed by atoms with Gasteiger partial charge < -0.3 is 0 Å². The lowest BCUT2D eigenvalue weighted by Crippen LogP contribution is -2.41. The van der Waals surface area contributed by atoms with Crippen molar-refractivity contribution in [2.24, 2.45) is 0 Å². The van der Waals surface area contributed by atoms with Gasteiger partial charge in [0.2, 0.25) is 10.0 Å². The van der Waals surface area contributed by atoms with E-state index < -0.39 is 25.9 Å². The Bertz CT molecular complexity index is 1040. The van der Waals surface area contributed by atoms with Crippen LogP contribution in [0.1, 0.15) is 17.5 Å². The number of hydrogen-bond donors (Lipinski definition) is 0. The highest BCUT2D eigenvalue weighted by Crippen LogP contribution is 2.32. The largest absolute Gasteiger partial charge is 0.246 e. The molecule has 1 fully saturated rings. The molecule has 0 N–H and O–H groups in total. The van der Waals surface area contributed by atoms with Crippen molar-refractivity contribution in [3.05, 3.63) is 29.8 Å². The minimum atomic E-state index is -4.01. The van der Waals surface area contributed by atoms with Crippen molar-refractivity contribution in [1.82, 2.24) is 14.6 Å². The molecule has 0 amide bonds. The number of aromatic nitrogens is 2. The van der Waals surface area contributed by atoms with E-state index in [0.717, 1.165) is 5.56 Å². The van der Waals surface area contributed by atoms with Gasteiger partial charge in [0.25, 0.3) is 0 Å². The average molecular weight is 385 g/mol. The van der Waals surface area contributed by atoms with Crippen LogP contribution in [0, 0.1) is 13.8 Å². The lowest BCUT2D eigenvalue weighted by atomic mass is 10.1. The van der Waals surface area contributed by atoms with E-state index in [0.29, 0.717) is 11.1 Å². The monoisotopic (exact) mass is 385 g/mol. The maximum atomic E-state index is 13.3. The Morgan fingerprint density at radius 1 is 1.32 bits per heavy atom. The normalized spacial score (nSPS) is 20.4. The average Bonchev–Trinajstić information content (AvgIpc) is 3.11. The van der Waals surface area contributed by atoms with Crippen LogP contribution in [0.3, 0.4) is 0 Å². The fourth-order valence-corrected chi connectivity index (χ4v) is 7.04. The molecule has 1 unspecified atom stereocenters. The number of sulfone groups is 1. The second kappa shape index (κ2) is 6.19. The summed E-state index contributed by atoms with van der Waals surface area (Å²) >= 11 is 0. The van der Waals surface area contributed by atoms with Gasteiger partial charge in [0.15, 0.2) is 15.4 Å². The standard InChI is InChI=1S/C15H19N3O5S2/c1-4-6-18(12-5-7-24(19,20)9-12)25(21,22)15-11(3)8-10(2)13-14(15)17-23-16-13/h4,8,12H,1,5-7,9H2,2-3H3. The Balaban J connectivity index is 2.17. The molecule has 25 heavy (non-hydrogen) atoms. The lowest BCUT2D eigenvalue weighted by molar-refractivity contribution is 0.314. The molecule has 0 aliphatic carbocycles. The van der Waals surface area contributed by atoms with Crippen LogP contribution in [0.5, 0.6) is 0 Å². The van der Waals surface area contributed by atoms with Crippen LogP contribution in [-0.4, -0.2) is 55.5 Å². The van der Waals surface area contributed by atoms with Crippen molar-refractivity contribution in [3.63, 3.8) is 0 Å². The van der Waals surface area contributed by atoms with Gasteiger partial charge in [0, 0.05) is 12.6 Å². The van der Waals surface area contributed by atoms with Gasteiger partial charge in [-0.15, -0.1) is 6.58 Å². The van der Waals surface area contributed by atoms with Crippen LogP contribution in [0.15, 0.2) is 28.2 Å². The summed E-state index contributed by atoms with van der Waals surface area (Å²) in [5.74, 6) is -0.209. The van der Waals surface area contributed by atoms with Crippen molar-refractivity contribution in [1.29, 1.82) is 0 Å². The van der Waals surface area contributed by atoms with Gasteiger partial charge >= 0.3 is 0 Å². The molecule has 2 heterocycles. The number of sulfonamides is 1. The summed E-state index contributed by atoms with van der Waals surface area (Å²) in [6.07, 6.45) is 1.71. The molecule has 1 aromatic carbocycles. The number of rotatable bonds is 5. The minimum absolute atomic E-state index is 0.000461. The predicted octanol–water partition coefficient (Wildman–Crippen LogP) is 1.20. The third kappa shape index (κ3) is 3.09. The smallest absolute Gasteiger partial charge is 0.243 e. The quantitative estimate of drug-likeness (QED) is 0.711. The van der Waals surface area contributed by atoms with Crippen LogP contribution >= 0.6 is 0 Å². The van der Waals surface area contributed by atoms with Crippen LogP contribution in [0.4, 0.5) is 0 Å². The molecule has 8 nitrogen and oxygen atoms in total. The molecule has 0 bridgehead atoms. The molecule has 1 aromatic heterocycles. The second-order valence-corrected chi connectivity index (χ2v) is 10.3. The van der Waals surface area contributed by atoms with Gasteiger partial charge in [0.05, 0.1) is 11.5 Å². The highest BCUT2D eigenvalue weighted by molar-refractivity contribution is 7.92. The van der Waals surface area contributed by atoms with E-state index in [1.54, 1.807) is 19.9 Å². The molecule has 1 aliphatic rings. The van der Waals surface area contributed by atoms with Crippen LogP contribution in [-0.2, 0) is 19.9 Å². The van der Waals surface area contributed by atoms with Crippen LogP contribution in [0.25, 0.3) is 11.0 Å². The molecule has 0 saturated carbocycles. The Morgan fingerprint density at radius 3 is 2.60 bits per heavy atom. The second-order valence-electron chi connectivity index (χ2n) is 6.22. The van der Waals surface area contributed by atoms with E-state index >= 15 is 0 Å². The summed E-state index contributed by atoms with van der Waals surface area (Å²) in [4.78, 5) is 0.000461. The molecule has 136 valence electrons. The fraction of sp³-hybridized carbons (Fsp3) is 0.467. The third-order valence-electron chi connectivity index (χ3n) is 4.36. The van der Waals surface area contributed by atoms with Crippen molar-refractivity contribution >= 4 is 30.9 Å². The van der Waals surface area contributed by atoms with Gasteiger partial charge in [-0.1, -0.05) is 12.1 Å². The summed E-state index contributed by atoms with van der Waals surface area (Å²) < 4.78 is 56.2. The first-order chi connectivity index (χ1) is 11.7. The SMILES string of the molecule is C=CCN(C1CCS(=O)(=O)C1)S(=O)(=O)c1c(C)cc(C)c2nonc12. The number of aryl methyl sites for hydroxylation is 2. The predicted molar refractivity (Wildman–Crippen MR) is 92.4 cm³/mol. The number of hydrogen-bond acceptors (Lipinski definition) is 7. The van der Waals surface area contributed by atoms with E-state index in [-0.39, 0.29) is 34.9 Å². The summed E-state index contributed by atoms with van der Waals surface area (Å²) in [5, 5.41) is 7.54. The maximum Gasteiger partial charge on any atom is 0.246 e. The molecular weight excluding hydrogens is 366 g/mol. The third-order valence-corrected chi connectivity index (χ3v) is 8.21. The highest BCUT2D eigenvalue weighted by Gasteiger charge is 2.40. The van der Waals surface area contributed by atoms with E-state index in [1.807, 2.05) is 0 Å². The van der Waals surface area contributed by atoms with Crippen molar-refractivity contribution < 1.29 is 21.5 Å². The first-order valence-corrected chi connectivity index (χ1v) is 11.0. The number of benzene rings is 1. The van der Waals surface area contributed by atoms with E-state index in [9.17, 15) is 16.8 Å². The van der Waals surface area contributed by atoms with E-state index in [2.05, 4.69) is 16.9 Å². The Kier molecular flexibility index (Phi) is 4.46. The fourth-order valence-electron chi connectivity index (χ4n) is 3.26. The van der Waals surface area contributed by atoms with Gasteiger partial charge in [-0.05, 0) is 41.7 Å². The molecule has 1 saturated heterocycles. The molecule has 0 spiro atoms. The zero-order chi connectivity index (χ0) is 18.4. The van der Waals surface area contributed by atoms with Gasteiger partial charge in [-0.2, -0.15) is 4.31 Å². The highest BCUT2D eigenvalue weighted by atomic mass is 32.2. The first-order valence-electron chi connectivity index (χ1n) is 7.73. The molecule has 0 radical (unpaired) electrons. The van der Waals surface area contributed by atoms with Gasteiger partial charge in [-0.3, -0.25) is 0 Å². The zero-order valence-corrected chi connectivity index (χ0v) is 15.6.